The molecular weight excluding hydrogens is 733 g/mol. The summed E-state index contributed by atoms with van der Waals surface area (Å²) in [4.78, 5) is 0. The molecule has 6 nitrogen and oxygen atoms in total. The minimum atomic E-state index is -0.418. The number of phenolic OH excluding ortho intramolecular Hbond substituents is 6. The van der Waals surface area contributed by atoms with E-state index in [9.17, 15) is 30.6 Å². The molecule has 6 rings (SSSR count). The molecule has 0 aliphatic heterocycles. The second-order valence-electron chi connectivity index (χ2n) is 17.3. The second kappa shape index (κ2) is 15.7. The molecule has 0 spiro atoms. The van der Waals surface area contributed by atoms with Gasteiger partial charge in [0.05, 0.1) is 0 Å². The molecule has 6 heteroatoms. The zero-order valence-corrected chi connectivity index (χ0v) is 37.2. The van der Waals surface area contributed by atoms with E-state index in [1.165, 1.54) is 0 Å². The summed E-state index contributed by atoms with van der Waals surface area (Å²) < 4.78 is 0. The quantitative estimate of drug-likeness (QED) is 0.0854. The van der Waals surface area contributed by atoms with E-state index in [-0.39, 0.29) is 34.5 Å². The molecule has 59 heavy (non-hydrogen) atoms. The molecular formula is C53H60O6. The number of hydrogen-bond acceptors (Lipinski definition) is 6. The van der Waals surface area contributed by atoms with Gasteiger partial charge in [-0.15, -0.1) is 0 Å². The van der Waals surface area contributed by atoms with E-state index in [0.29, 0.717) is 6.42 Å². The first kappa shape index (κ1) is 42.7. The van der Waals surface area contributed by atoms with Gasteiger partial charge in [-0.05, 0) is 215 Å². The Morgan fingerprint density at radius 1 is 0.271 bits per heavy atom. The van der Waals surface area contributed by atoms with Crippen molar-refractivity contribution in [2.24, 2.45) is 0 Å². The Labute approximate surface area is 350 Å². The van der Waals surface area contributed by atoms with E-state index in [1.807, 2.05) is 133 Å². The number of rotatable bonds is 8. The molecule has 0 aliphatic rings. The lowest BCUT2D eigenvalue weighted by molar-refractivity contribution is 0.460. The maximum Gasteiger partial charge on any atom is 0.122 e. The van der Waals surface area contributed by atoms with Crippen molar-refractivity contribution in [3.8, 4) is 34.5 Å². The van der Waals surface area contributed by atoms with Crippen LogP contribution in [0, 0.1) is 96.9 Å². The summed E-state index contributed by atoms with van der Waals surface area (Å²) >= 11 is 0. The zero-order chi connectivity index (χ0) is 43.7. The lowest BCUT2D eigenvalue weighted by Crippen LogP contribution is -2.12. The Kier molecular flexibility index (Phi) is 11.4. The predicted octanol–water partition coefficient (Wildman–Crippen LogP) is 12.2. The van der Waals surface area contributed by atoms with E-state index < -0.39 is 11.8 Å². The normalized spacial score (nSPS) is 11.7. The van der Waals surface area contributed by atoms with Crippen molar-refractivity contribution in [1.29, 1.82) is 0 Å². The Balaban J connectivity index is 1.60. The highest BCUT2D eigenvalue weighted by atomic mass is 16.3. The number of phenols is 6. The van der Waals surface area contributed by atoms with Crippen molar-refractivity contribution in [3.05, 3.63) is 171 Å². The highest BCUT2D eigenvalue weighted by Crippen LogP contribution is 2.48. The SMILES string of the molecule is Cc1cc(Cc2cc(C)c(O)c(C(c3cc(C)c(O)c(C)c3C)c3cc(C)c(O)c(C)c3C)c2)cc(C(c2cc(C)c(O)c(C)c2C)c2cc(C)c(O)c(C)c2C)c1O. The first-order chi connectivity index (χ1) is 27.6. The molecule has 0 radical (unpaired) electrons. The third kappa shape index (κ3) is 7.28. The molecule has 0 atom stereocenters. The summed E-state index contributed by atoms with van der Waals surface area (Å²) in [7, 11) is 0. The fourth-order valence-corrected chi connectivity index (χ4v) is 9.25. The summed E-state index contributed by atoms with van der Waals surface area (Å²) in [5.41, 5.74) is 18.6. The van der Waals surface area contributed by atoms with Gasteiger partial charge in [0.25, 0.3) is 0 Å². The van der Waals surface area contributed by atoms with Crippen LogP contribution in [-0.2, 0) is 6.42 Å². The second-order valence-corrected chi connectivity index (χ2v) is 17.3. The van der Waals surface area contributed by atoms with Gasteiger partial charge in [0.1, 0.15) is 34.5 Å². The van der Waals surface area contributed by atoms with Crippen LogP contribution in [0.4, 0.5) is 0 Å². The Morgan fingerprint density at radius 3 is 0.729 bits per heavy atom. The molecule has 0 fully saturated rings. The number of aryl methyl sites for hydroxylation is 6. The van der Waals surface area contributed by atoms with Crippen LogP contribution in [0.3, 0.4) is 0 Å². The fourth-order valence-electron chi connectivity index (χ4n) is 9.25. The maximum absolute atomic E-state index is 12.0. The van der Waals surface area contributed by atoms with E-state index in [1.54, 1.807) is 0 Å². The van der Waals surface area contributed by atoms with Gasteiger partial charge in [-0.25, -0.2) is 0 Å². The van der Waals surface area contributed by atoms with Crippen molar-refractivity contribution in [2.75, 3.05) is 0 Å². The molecule has 0 aromatic heterocycles. The van der Waals surface area contributed by atoms with Crippen LogP contribution in [0.2, 0.25) is 0 Å². The molecule has 6 N–H and O–H groups in total. The predicted molar refractivity (Wildman–Crippen MR) is 240 cm³/mol. The minimum Gasteiger partial charge on any atom is -0.507 e. The van der Waals surface area contributed by atoms with Gasteiger partial charge in [-0.2, -0.15) is 0 Å². The molecule has 0 amide bonds. The highest BCUT2D eigenvalue weighted by Gasteiger charge is 2.30. The summed E-state index contributed by atoms with van der Waals surface area (Å²) in [6.07, 6.45) is 0.500. The van der Waals surface area contributed by atoms with Crippen LogP contribution < -0.4 is 0 Å². The molecule has 0 heterocycles. The Hall–Kier alpha value is -5.88. The van der Waals surface area contributed by atoms with Crippen LogP contribution in [0.5, 0.6) is 34.5 Å². The monoisotopic (exact) mass is 792 g/mol. The van der Waals surface area contributed by atoms with Crippen LogP contribution in [-0.4, -0.2) is 30.6 Å². The fraction of sp³-hybridized carbons (Fsp3) is 0.321. The number of aromatic hydroxyl groups is 6. The third-order valence-electron chi connectivity index (χ3n) is 13.4. The Morgan fingerprint density at radius 2 is 0.492 bits per heavy atom. The largest absolute Gasteiger partial charge is 0.507 e. The highest BCUT2D eigenvalue weighted by molar-refractivity contribution is 5.64. The lowest BCUT2D eigenvalue weighted by atomic mass is 9.76. The maximum atomic E-state index is 12.0. The average molecular weight is 793 g/mol. The lowest BCUT2D eigenvalue weighted by Gasteiger charge is -2.28. The molecule has 6 aromatic carbocycles. The van der Waals surface area contributed by atoms with Gasteiger partial charge in [0, 0.05) is 23.0 Å². The summed E-state index contributed by atoms with van der Waals surface area (Å²) in [5, 5.41) is 67.8. The van der Waals surface area contributed by atoms with Crippen LogP contribution in [0.25, 0.3) is 0 Å². The van der Waals surface area contributed by atoms with Crippen LogP contribution in [0.1, 0.15) is 134 Å². The standard InChI is InChI=1S/C53H60O6/c1-24-15-38(22-44(52(24)58)46(40-17-26(3)48(54)34(11)30(40)7)41-18-27(4)49(55)35(12)31(41)8)21-39-16-25(2)53(59)45(23-39)47(42-19-28(5)50(56)36(13)32(42)9)43-20-29(6)51(57)37(14)33(43)10/h15-20,22-23,46-47,54-59H,21H2,1-14H3. The molecule has 6 aromatic rings. The van der Waals surface area contributed by atoms with Crippen LogP contribution in [0.15, 0.2) is 48.5 Å². The smallest absolute Gasteiger partial charge is 0.122 e. The minimum absolute atomic E-state index is 0.189. The van der Waals surface area contributed by atoms with Gasteiger partial charge >= 0.3 is 0 Å². The van der Waals surface area contributed by atoms with Crippen molar-refractivity contribution in [1.82, 2.24) is 0 Å². The number of benzene rings is 6. The van der Waals surface area contributed by atoms with E-state index >= 15 is 0 Å². The topological polar surface area (TPSA) is 121 Å². The summed E-state index contributed by atoms with van der Waals surface area (Å²) in [5.74, 6) is 0.566. The van der Waals surface area contributed by atoms with Gasteiger partial charge in [-0.1, -0.05) is 48.5 Å². The van der Waals surface area contributed by atoms with Crippen LogP contribution >= 0.6 is 0 Å². The molecule has 0 saturated carbocycles. The Bertz CT molecular complexity index is 2390. The van der Waals surface area contributed by atoms with Gasteiger partial charge in [0.2, 0.25) is 0 Å². The summed E-state index contributed by atoms with van der Waals surface area (Å²) in [6, 6.07) is 16.2. The van der Waals surface area contributed by atoms with Gasteiger partial charge < -0.3 is 30.6 Å². The van der Waals surface area contributed by atoms with E-state index in [0.717, 1.165) is 122 Å². The molecule has 0 aliphatic carbocycles. The average Bonchev–Trinajstić information content (AvgIpc) is 3.19. The van der Waals surface area contributed by atoms with Crippen molar-refractivity contribution >= 4 is 0 Å². The first-order valence-corrected chi connectivity index (χ1v) is 20.4. The van der Waals surface area contributed by atoms with E-state index in [4.69, 9.17) is 0 Å². The molecule has 0 unspecified atom stereocenters. The third-order valence-corrected chi connectivity index (χ3v) is 13.4. The van der Waals surface area contributed by atoms with Gasteiger partial charge in [-0.3, -0.25) is 0 Å². The molecule has 0 saturated heterocycles. The van der Waals surface area contributed by atoms with E-state index in [2.05, 4.69) is 12.1 Å². The van der Waals surface area contributed by atoms with Crippen molar-refractivity contribution in [3.63, 3.8) is 0 Å². The zero-order valence-electron chi connectivity index (χ0n) is 37.2. The summed E-state index contributed by atoms with van der Waals surface area (Å²) in [6.45, 7) is 27.1. The van der Waals surface area contributed by atoms with Crippen molar-refractivity contribution in [2.45, 2.75) is 115 Å². The van der Waals surface area contributed by atoms with Crippen molar-refractivity contribution < 1.29 is 30.6 Å². The number of hydrogen-bond donors (Lipinski definition) is 6. The first-order valence-electron chi connectivity index (χ1n) is 20.4. The molecule has 0 bridgehead atoms. The van der Waals surface area contributed by atoms with Gasteiger partial charge in [0.15, 0.2) is 0 Å². The molecule has 308 valence electrons.